The van der Waals surface area contributed by atoms with Crippen molar-refractivity contribution in [2.24, 2.45) is 5.92 Å². The topological polar surface area (TPSA) is 20.2 Å². The highest BCUT2D eigenvalue weighted by molar-refractivity contribution is 7.12. The Kier molecular flexibility index (Phi) is 2.17. The maximum Gasteiger partial charge on any atom is 0.154 e. The molecule has 0 bridgehead atoms. The number of terminal acetylenes is 1. The second-order valence-electron chi connectivity index (χ2n) is 4.01. The van der Waals surface area contributed by atoms with Crippen LogP contribution in [0, 0.1) is 32.1 Å². The van der Waals surface area contributed by atoms with Crippen molar-refractivity contribution < 1.29 is 5.11 Å². The normalized spacial score (nSPS) is 20.1. The standard InChI is InChI=1S/C12H14OS/c1-4-12(13,10-5-6-10)11-7-8(2)14-9(11)3/h1,7,10,13H,5-6H2,2-3H3. The van der Waals surface area contributed by atoms with Gasteiger partial charge >= 0.3 is 0 Å². The molecular weight excluding hydrogens is 192 g/mol. The molecule has 0 aromatic carbocycles. The fourth-order valence-corrected chi connectivity index (χ4v) is 2.91. The smallest absolute Gasteiger partial charge is 0.154 e. The third-order valence-electron chi connectivity index (χ3n) is 2.84. The molecule has 1 unspecified atom stereocenters. The highest BCUT2D eigenvalue weighted by Gasteiger charge is 2.45. The molecule has 0 amide bonds. The van der Waals surface area contributed by atoms with Crippen LogP contribution in [0.25, 0.3) is 0 Å². The molecule has 74 valence electrons. The minimum absolute atomic E-state index is 0.278. The van der Waals surface area contributed by atoms with Crippen molar-refractivity contribution in [2.75, 3.05) is 0 Å². The van der Waals surface area contributed by atoms with Crippen LogP contribution in [0.2, 0.25) is 0 Å². The van der Waals surface area contributed by atoms with Crippen LogP contribution in [0.4, 0.5) is 0 Å². The van der Waals surface area contributed by atoms with Crippen molar-refractivity contribution in [1.29, 1.82) is 0 Å². The molecule has 14 heavy (non-hydrogen) atoms. The average molecular weight is 206 g/mol. The summed E-state index contributed by atoms with van der Waals surface area (Å²) in [5.41, 5.74) is -0.0560. The van der Waals surface area contributed by atoms with E-state index in [4.69, 9.17) is 6.42 Å². The van der Waals surface area contributed by atoms with E-state index in [-0.39, 0.29) is 5.92 Å². The van der Waals surface area contributed by atoms with Gasteiger partial charge in [-0.1, -0.05) is 5.92 Å². The molecule has 1 atom stereocenters. The second-order valence-corrected chi connectivity index (χ2v) is 5.47. The molecule has 2 heteroatoms. The highest BCUT2D eigenvalue weighted by atomic mass is 32.1. The van der Waals surface area contributed by atoms with Gasteiger partial charge in [0.05, 0.1) is 0 Å². The monoisotopic (exact) mass is 206 g/mol. The van der Waals surface area contributed by atoms with Gasteiger partial charge in [0, 0.05) is 21.2 Å². The Labute approximate surface area is 88.8 Å². The minimum Gasteiger partial charge on any atom is -0.373 e. The third kappa shape index (κ3) is 1.37. The summed E-state index contributed by atoms with van der Waals surface area (Å²) < 4.78 is 0. The lowest BCUT2D eigenvalue weighted by Gasteiger charge is -2.21. The second kappa shape index (κ2) is 3.12. The SMILES string of the molecule is C#CC(O)(c1cc(C)sc1C)C1CC1. The van der Waals surface area contributed by atoms with Crippen LogP contribution in [-0.2, 0) is 5.60 Å². The molecule has 1 aromatic heterocycles. The number of hydrogen-bond acceptors (Lipinski definition) is 2. The van der Waals surface area contributed by atoms with E-state index in [1.165, 1.54) is 4.88 Å². The first-order valence-electron chi connectivity index (χ1n) is 4.85. The molecule has 2 rings (SSSR count). The Morgan fingerprint density at radius 1 is 1.57 bits per heavy atom. The van der Waals surface area contributed by atoms with Crippen molar-refractivity contribution in [3.05, 3.63) is 21.4 Å². The molecule has 1 nitrogen and oxygen atoms in total. The summed E-state index contributed by atoms with van der Waals surface area (Å²) in [6, 6.07) is 2.03. The quantitative estimate of drug-likeness (QED) is 0.737. The average Bonchev–Trinajstić information content (AvgIpc) is 2.92. The predicted molar refractivity (Wildman–Crippen MR) is 59.2 cm³/mol. The summed E-state index contributed by atoms with van der Waals surface area (Å²) in [7, 11) is 0. The summed E-state index contributed by atoms with van der Waals surface area (Å²) in [4.78, 5) is 2.36. The molecule has 0 aliphatic heterocycles. The van der Waals surface area contributed by atoms with Gasteiger partial charge in [0.15, 0.2) is 5.60 Å². The zero-order valence-electron chi connectivity index (χ0n) is 8.50. The van der Waals surface area contributed by atoms with Gasteiger partial charge in [0.1, 0.15) is 0 Å². The van der Waals surface area contributed by atoms with Gasteiger partial charge in [-0.05, 0) is 32.8 Å². The summed E-state index contributed by atoms with van der Waals surface area (Å²) >= 11 is 1.70. The number of thiophene rings is 1. The van der Waals surface area contributed by atoms with Crippen LogP contribution in [0.1, 0.15) is 28.2 Å². The van der Waals surface area contributed by atoms with Gasteiger partial charge < -0.3 is 5.11 Å². The number of hydrogen-bond donors (Lipinski definition) is 1. The van der Waals surface area contributed by atoms with E-state index in [0.717, 1.165) is 23.3 Å². The first kappa shape index (κ1) is 9.76. The van der Waals surface area contributed by atoms with Crippen molar-refractivity contribution in [3.8, 4) is 12.3 Å². The fraction of sp³-hybridized carbons (Fsp3) is 0.500. The molecule has 0 radical (unpaired) electrons. The zero-order valence-corrected chi connectivity index (χ0v) is 9.32. The van der Waals surface area contributed by atoms with E-state index in [1.807, 2.05) is 19.9 Å². The molecule has 1 fully saturated rings. The van der Waals surface area contributed by atoms with E-state index in [0.29, 0.717) is 0 Å². The molecule has 1 saturated carbocycles. The summed E-state index contributed by atoms with van der Waals surface area (Å²) in [5.74, 6) is 2.85. The molecule has 0 saturated heterocycles. The lowest BCUT2D eigenvalue weighted by Crippen LogP contribution is -2.26. The van der Waals surface area contributed by atoms with Crippen molar-refractivity contribution in [2.45, 2.75) is 32.3 Å². The number of aliphatic hydroxyl groups is 1. The fourth-order valence-electron chi connectivity index (χ4n) is 1.93. The van der Waals surface area contributed by atoms with Gasteiger partial charge in [0.25, 0.3) is 0 Å². The molecule has 1 heterocycles. The Morgan fingerprint density at radius 3 is 2.57 bits per heavy atom. The Bertz CT molecular complexity index is 395. The van der Waals surface area contributed by atoms with Crippen LogP contribution in [0.15, 0.2) is 6.07 Å². The number of rotatable bonds is 2. The summed E-state index contributed by atoms with van der Waals surface area (Å²) in [5, 5.41) is 10.4. The lowest BCUT2D eigenvalue weighted by molar-refractivity contribution is 0.0757. The van der Waals surface area contributed by atoms with Gasteiger partial charge in [-0.25, -0.2) is 0 Å². The molecule has 1 aliphatic rings. The summed E-state index contributed by atoms with van der Waals surface area (Å²) in [6.07, 6.45) is 7.56. The largest absolute Gasteiger partial charge is 0.373 e. The molecule has 1 N–H and O–H groups in total. The van der Waals surface area contributed by atoms with E-state index < -0.39 is 5.60 Å². The van der Waals surface area contributed by atoms with E-state index >= 15 is 0 Å². The maximum absolute atomic E-state index is 10.4. The van der Waals surface area contributed by atoms with E-state index in [1.54, 1.807) is 11.3 Å². The van der Waals surface area contributed by atoms with E-state index in [9.17, 15) is 5.11 Å². The van der Waals surface area contributed by atoms with Crippen LogP contribution in [-0.4, -0.2) is 5.11 Å². The minimum atomic E-state index is -1.01. The lowest BCUT2D eigenvalue weighted by atomic mass is 9.90. The van der Waals surface area contributed by atoms with Crippen LogP contribution in [0.5, 0.6) is 0 Å². The number of aryl methyl sites for hydroxylation is 2. The van der Waals surface area contributed by atoms with Crippen molar-refractivity contribution in [1.82, 2.24) is 0 Å². The van der Waals surface area contributed by atoms with Gasteiger partial charge in [-0.15, -0.1) is 17.8 Å². The predicted octanol–water partition coefficient (Wildman–Crippen LogP) is 2.60. The van der Waals surface area contributed by atoms with Crippen molar-refractivity contribution >= 4 is 11.3 Å². The Balaban J connectivity index is 2.46. The third-order valence-corrected chi connectivity index (χ3v) is 3.81. The zero-order chi connectivity index (χ0) is 10.3. The highest BCUT2D eigenvalue weighted by Crippen LogP contribution is 2.47. The van der Waals surface area contributed by atoms with Gasteiger partial charge in [-0.2, -0.15) is 0 Å². The van der Waals surface area contributed by atoms with Gasteiger partial charge in [0.2, 0.25) is 0 Å². The van der Waals surface area contributed by atoms with Crippen LogP contribution in [0.3, 0.4) is 0 Å². The van der Waals surface area contributed by atoms with Crippen molar-refractivity contribution in [3.63, 3.8) is 0 Å². The Hall–Kier alpha value is -0.780. The van der Waals surface area contributed by atoms with Crippen LogP contribution < -0.4 is 0 Å². The maximum atomic E-state index is 10.4. The summed E-state index contributed by atoms with van der Waals surface area (Å²) in [6.45, 7) is 4.07. The van der Waals surface area contributed by atoms with Crippen LogP contribution >= 0.6 is 11.3 Å². The Morgan fingerprint density at radius 2 is 2.21 bits per heavy atom. The molecule has 1 aromatic rings. The van der Waals surface area contributed by atoms with E-state index in [2.05, 4.69) is 5.92 Å². The first-order chi connectivity index (χ1) is 6.58. The molecule has 1 aliphatic carbocycles. The first-order valence-corrected chi connectivity index (χ1v) is 5.67. The van der Waals surface area contributed by atoms with Gasteiger partial charge in [-0.3, -0.25) is 0 Å². The molecular formula is C12H14OS. The molecule has 0 spiro atoms.